The normalized spacial score (nSPS) is 19.9. The number of ether oxygens (including phenoxy) is 2. The van der Waals surface area contributed by atoms with Crippen LogP contribution in [-0.4, -0.2) is 60.9 Å². The van der Waals surface area contributed by atoms with E-state index in [1.165, 1.54) is 0 Å². The second-order valence-corrected chi connectivity index (χ2v) is 8.21. The van der Waals surface area contributed by atoms with Crippen molar-refractivity contribution in [3.63, 3.8) is 0 Å². The predicted molar refractivity (Wildman–Crippen MR) is 117 cm³/mol. The minimum absolute atomic E-state index is 0.0539. The topological polar surface area (TPSA) is 114 Å². The van der Waals surface area contributed by atoms with E-state index in [0.717, 1.165) is 22.3 Å². The minimum atomic E-state index is -3.03. The van der Waals surface area contributed by atoms with Gasteiger partial charge in [-0.1, -0.05) is 48.5 Å². The molecule has 2 aromatic carbocycles. The zero-order valence-electron chi connectivity index (χ0n) is 18.1. The lowest BCUT2D eigenvalue weighted by Gasteiger charge is -2.21. The summed E-state index contributed by atoms with van der Waals surface area (Å²) in [6.07, 6.45) is -5.80. The van der Waals surface area contributed by atoms with Crippen LogP contribution < -0.4 is 10.6 Å². The SMILES string of the molecule is O=C(CC(NC(=O)OCC1c2ccccc2-c2ccccc21)C(F)F)N[C@@H]1CCO[C@@H]1C(=O)O. The molecule has 3 atom stereocenters. The molecular formula is C24H24F2N2O6. The molecule has 0 bridgehead atoms. The van der Waals surface area contributed by atoms with Crippen molar-refractivity contribution in [3.8, 4) is 11.1 Å². The number of carboxylic acid groups (broad SMARTS) is 1. The Morgan fingerprint density at radius 1 is 1.06 bits per heavy atom. The first kappa shape index (κ1) is 23.6. The Kier molecular flexibility index (Phi) is 7.06. The molecule has 2 aromatic rings. The van der Waals surface area contributed by atoms with Gasteiger partial charge in [0, 0.05) is 12.5 Å². The molecule has 4 rings (SSSR count). The monoisotopic (exact) mass is 474 g/mol. The van der Waals surface area contributed by atoms with Gasteiger partial charge in [-0.05, 0) is 28.7 Å². The number of hydrogen-bond acceptors (Lipinski definition) is 5. The molecule has 1 unspecified atom stereocenters. The van der Waals surface area contributed by atoms with Crippen LogP contribution in [0.1, 0.15) is 29.9 Å². The Morgan fingerprint density at radius 3 is 2.26 bits per heavy atom. The lowest BCUT2D eigenvalue weighted by Crippen LogP contribution is -2.48. The number of rotatable bonds is 8. The molecule has 8 nitrogen and oxygen atoms in total. The average molecular weight is 474 g/mol. The summed E-state index contributed by atoms with van der Waals surface area (Å²) < 4.78 is 37.3. The second kappa shape index (κ2) is 10.2. The van der Waals surface area contributed by atoms with Gasteiger partial charge >= 0.3 is 12.1 Å². The maximum absolute atomic E-state index is 13.5. The summed E-state index contributed by atoms with van der Waals surface area (Å²) in [5.41, 5.74) is 4.02. The van der Waals surface area contributed by atoms with Gasteiger partial charge in [-0.2, -0.15) is 0 Å². The molecule has 1 saturated heterocycles. The van der Waals surface area contributed by atoms with Gasteiger partial charge in [0.15, 0.2) is 6.10 Å². The van der Waals surface area contributed by atoms with Crippen LogP contribution in [0.2, 0.25) is 0 Å². The van der Waals surface area contributed by atoms with E-state index in [-0.39, 0.29) is 25.6 Å². The van der Waals surface area contributed by atoms with Gasteiger partial charge in [0.25, 0.3) is 6.43 Å². The maximum atomic E-state index is 13.5. The third kappa shape index (κ3) is 5.01. The third-order valence-corrected chi connectivity index (χ3v) is 6.04. The molecule has 0 saturated carbocycles. The van der Waals surface area contributed by atoms with Crippen LogP contribution in [0.15, 0.2) is 48.5 Å². The third-order valence-electron chi connectivity index (χ3n) is 6.04. The van der Waals surface area contributed by atoms with Crippen molar-refractivity contribution in [2.24, 2.45) is 0 Å². The molecule has 34 heavy (non-hydrogen) atoms. The number of halogens is 2. The Bertz CT molecular complexity index is 1030. The molecule has 0 radical (unpaired) electrons. The molecule has 180 valence electrons. The number of carboxylic acids is 1. The number of nitrogens with one attached hydrogen (secondary N) is 2. The number of alkyl carbamates (subject to hydrolysis) is 1. The summed E-state index contributed by atoms with van der Waals surface area (Å²) in [7, 11) is 0. The van der Waals surface area contributed by atoms with Gasteiger partial charge in [-0.3, -0.25) is 4.79 Å². The highest BCUT2D eigenvalue weighted by Crippen LogP contribution is 2.44. The minimum Gasteiger partial charge on any atom is -0.479 e. The van der Waals surface area contributed by atoms with Crippen molar-refractivity contribution in [2.45, 2.75) is 43.4 Å². The lowest BCUT2D eigenvalue weighted by atomic mass is 9.98. The lowest BCUT2D eigenvalue weighted by molar-refractivity contribution is -0.148. The van der Waals surface area contributed by atoms with Gasteiger partial charge in [-0.25, -0.2) is 18.4 Å². The number of fused-ring (bicyclic) bond motifs is 3. The van der Waals surface area contributed by atoms with Crippen molar-refractivity contribution in [2.75, 3.05) is 13.2 Å². The zero-order valence-corrected chi connectivity index (χ0v) is 18.1. The zero-order chi connectivity index (χ0) is 24.2. The molecule has 3 N–H and O–H groups in total. The van der Waals surface area contributed by atoms with Gasteiger partial charge < -0.3 is 25.2 Å². The quantitative estimate of drug-likeness (QED) is 0.542. The average Bonchev–Trinajstić information content (AvgIpc) is 3.40. The van der Waals surface area contributed by atoms with Crippen molar-refractivity contribution in [1.82, 2.24) is 10.6 Å². The van der Waals surface area contributed by atoms with Crippen LogP contribution in [0.4, 0.5) is 13.6 Å². The predicted octanol–water partition coefficient (Wildman–Crippen LogP) is 2.91. The first-order valence-electron chi connectivity index (χ1n) is 10.9. The summed E-state index contributed by atoms with van der Waals surface area (Å²) in [6.45, 7) is 0.0832. The van der Waals surface area contributed by atoms with Crippen LogP contribution >= 0.6 is 0 Å². The number of hydrogen-bond donors (Lipinski definition) is 3. The van der Waals surface area contributed by atoms with E-state index < -0.39 is 49.0 Å². The maximum Gasteiger partial charge on any atom is 0.407 e. The Morgan fingerprint density at radius 2 is 1.68 bits per heavy atom. The number of benzene rings is 2. The van der Waals surface area contributed by atoms with E-state index in [9.17, 15) is 23.2 Å². The van der Waals surface area contributed by atoms with E-state index in [1.54, 1.807) is 0 Å². The summed E-state index contributed by atoms with van der Waals surface area (Å²) in [5, 5.41) is 13.5. The van der Waals surface area contributed by atoms with Gasteiger partial charge in [0.05, 0.1) is 12.5 Å². The van der Waals surface area contributed by atoms with Crippen LogP contribution in [0.5, 0.6) is 0 Å². The molecule has 1 aliphatic carbocycles. The van der Waals surface area contributed by atoms with Gasteiger partial charge in [0.2, 0.25) is 5.91 Å². The molecule has 1 aliphatic heterocycles. The smallest absolute Gasteiger partial charge is 0.407 e. The van der Waals surface area contributed by atoms with Crippen molar-refractivity contribution >= 4 is 18.0 Å². The highest BCUT2D eigenvalue weighted by molar-refractivity contribution is 5.81. The summed E-state index contributed by atoms with van der Waals surface area (Å²) in [6, 6.07) is 12.8. The highest BCUT2D eigenvalue weighted by atomic mass is 19.3. The fraction of sp³-hybridized carbons (Fsp3) is 0.375. The van der Waals surface area contributed by atoms with E-state index in [4.69, 9.17) is 14.6 Å². The summed E-state index contributed by atoms with van der Waals surface area (Å²) in [4.78, 5) is 35.7. The largest absolute Gasteiger partial charge is 0.479 e. The van der Waals surface area contributed by atoms with Crippen molar-refractivity contribution in [3.05, 3.63) is 59.7 Å². The van der Waals surface area contributed by atoms with Crippen LogP contribution in [0, 0.1) is 0 Å². The molecule has 1 fully saturated rings. The van der Waals surface area contributed by atoms with Gasteiger partial charge in [-0.15, -0.1) is 0 Å². The molecule has 10 heteroatoms. The Balaban J connectivity index is 1.34. The highest BCUT2D eigenvalue weighted by Gasteiger charge is 2.36. The van der Waals surface area contributed by atoms with Gasteiger partial charge in [0.1, 0.15) is 12.6 Å². The summed E-state index contributed by atoms with van der Waals surface area (Å²) in [5.74, 6) is -2.29. The first-order valence-corrected chi connectivity index (χ1v) is 10.9. The van der Waals surface area contributed by atoms with Crippen LogP contribution in [0.3, 0.4) is 0 Å². The number of carbonyl (C=O) groups is 3. The fourth-order valence-corrected chi connectivity index (χ4v) is 4.44. The van der Waals surface area contributed by atoms with Crippen molar-refractivity contribution in [1.29, 1.82) is 0 Å². The van der Waals surface area contributed by atoms with Crippen LogP contribution in [-0.2, 0) is 19.1 Å². The molecular weight excluding hydrogens is 450 g/mol. The number of alkyl halides is 2. The number of aliphatic carboxylic acids is 1. The number of carbonyl (C=O) groups excluding carboxylic acids is 2. The molecule has 2 amide bonds. The second-order valence-electron chi connectivity index (χ2n) is 8.21. The fourth-order valence-electron chi connectivity index (χ4n) is 4.44. The molecule has 2 aliphatic rings. The first-order chi connectivity index (χ1) is 16.3. The molecule has 0 aromatic heterocycles. The molecule has 1 heterocycles. The summed E-state index contributed by atoms with van der Waals surface area (Å²) >= 11 is 0. The van der Waals surface area contributed by atoms with E-state index in [0.29, 0.717) is 0 Å². The Labute approximate surface area is 194 Å². The van der Waals surface area contributed by atoms with Crippen LogP contribution in [0.25, 0.3) is 11.1 Å². The standard InChI is InChI=1S/C24H24F2N2O6/c25-22(26)19(11-20(29)27-18-9-10-33-21(18)23(30)31)28-24(32)34-12-17-15-7-3-1-5-13(15)14-6-2-4-8-16(14)17/h1-8,17-19,21-22H,9-12H2,(H,27,29)(H,28,32)(H,30,31)/t18-,19?,21+/m1/s1. The number of amides is 2. The molecule has 0 spiro atoms. The van der Waals surface area contributed by atoms with E-state index in [1.807, 2.05) is 48.5 Å². The van der Waals surface area contributed by atoms with E-state index in [2.05, 4.69) is 10.6 Å². The van der Waals surface area contributed by atoms with Crippen molar-refractivity contribution < 1.29 is 37.7 Å². The van der Waals surface area contributed by atoms with E-state index >= 15 is 0 Å². The Hall–Kier alpha value is -3.53.